The van der Waals surface area contributed by atoms with E-state index in [0.29, 0.717) is 0 Å². The van der Waals surface area contributed by atoms with Crippen LogP contribution < -0.4 is 0 Å². The highest BCUT2D eigenvalue weighted by molar-refractivity contribution is 7.13. The zero-order valence-corrected chi connectivity index (χ0v) is 10.8. The summed E-state index contributed by atoms with van der Waals surface area (Å²) in [5.74, 6) is 0. The molecule has 0 unspecified atom stereocenters. The molecule has 0 atom stereocenters. The molecular weight excluding hydrogens is 258 g/mol. The van der Waals surface area contributed by atoms with Crippen LogP contribution in [0.5, 0.6) is 0 Å². The highest BCUT2D eigenvalue weighted by Gasteiger charge is 2.11. The van der Waals surface area contributed by atoms with Crippen LogP contribution in [0.2, 0.25) is 0 Å². The van der Waals surface area contributed by atoms with Crippen molar-refractivity contribution in [3.05, 3.63) is 59.6 Å². The first-order valence-corrected chi connectivity index (χ1v) is 6.63. The second kappa shape index (κ2) is 5.07. The second-order valence-corrected chi connectivity index (χ2v) is 4.88. The van der Waals surface area contributed by atoms with Crippen molar-refractivity contribution in [1.82, 2.24) is 9.78 Å². The van der Waals surface area contributed by atoms with E-state index in [0.717, 1.165) is 21.8 Å². The van der Waals surface area contributed by atoms with Crippen LogP contribution >= 0.6 is 11.3 Å². The third-order valence-electron chi connectivity index (χ3n) is 2.71. The van der Waals surface area contributed by atoms with Crippen LogP contribution in [0.15, 0.2) is 59.2 Å². The van der Waals surface area contributed by atoms with Crippen molar-refractivity contribution >= 4 is 17.6 Å². The number of para-hydroxylation sites is 1. The lowest BCUT2D eigenvalue weighted by Crippen LogP contribution is -1.93. The molecule has 0 radical (unpaired) electrons. The molecule has 5 heteroatoms. The number of rotatable bonds is 3. The van der Waals surface area contributed by atoms with E-state index in [9.17, 15) is 0 Å². The Bertz CT molecular complexity index is 687. The highest BCUT2D eigenvalue weighted by atomic mass is 32.1. The first-order valence-electron chi connectivity index (χ1n) is 5.75. The minimum atomic E-state index is 0.786. The van der Waals surface area contributed by atoms with E-state index in [4.69, 9.17) is 5.21 Å². The molecule has 0 saturated heterocycles. The Morgan fingerprint density at radius 3 is 2.68 bits per heavy atom. The molecule has 0 spiro atoms. The van der Waals surface area contributed by atoms with E-state index < -0.39 is 0 Å². The zero-order valence-electron chi connectivity index (χ0n) is 9.97. The van der Waals surface area contributed by atoms with Gasteiger partial charge in [-0.25, -0.2) is 4.68 Å². The molecule has 2 aromatic heterocycles. The number of thiophene rings is 1. The van der Waals surface area contributed by atoms with E-state index in [2.05, 4.69) is 10.3 Å². The van der Waals surface area contributed by atoms with Gasteiger partial charge in [-0.1, -0.05) is 29.4 Å². The minimum Gasteiger partial charge on any atom is -0.411 e. The number of oxime groups is 1. The summed E-state index contributed by atoms with van der Waals surface area (Å²) in [6.07, 6.45) is 3.26. The normalized spacial score (nSPS) is 11.2. The van der Waals surface area contributed by atoms with Crippen LogP contribution in [0.25, 0.3) is 16.3 Å². The Morgan fingerprint density at radius 2 is 2.00 bits per heavy atom. The Labute approximate surface area is 114 Å². The monoisotopic (exact) mass is 269 g/mol. The van der Waals surface area contributed by atoms with Gasteiger partial charge in [0.05, 0.1) is 16.8 Å². The number of nitrogens with zero attached hydrogens (tertiary/aromatic N) is 3. The van der Waals surface area contributed by atoms with Gasteiger partial charge in [0, 0.05) is 11.8 Å². The molecule has 0 aliphatic heterocycles. The van der Waals surface area contributed by atoms with Crippen molar-refractivity contribution in [2.24, 2.45) is 5.16 Å². The van der Waals surface area contributed by atoms with E-state index in [1.54, 1.807) is 16.0 Å². The maximum absolute atomic E-state index is 8.76. The summed E-state index contributed by atoms with van der Waals surface area (Å²) in [5.41, 5.74) is 2.57. The molecular formula is C14H11N3OS. The molecule has 0 fully saturated rings. The number of hydrogen-bond donors (Lipinski definition) is 1. The maximum atomic E-state index is 8.76. The van der Waals surface area contributed by atoms with Gasteiger partial charge in [0.1, 0.15) is 5.69 Å². The summed E-state index contributed by atoms with van der Waals surface area (Å²) < 4.78 is 1.78. The van der Waals surface area contributed by atoms with E-state index in [1.807, 2.05) is 54.0 Å². The molecule has 0 saturated carbocycles. The van der Waals surface area contributed by atoms with E-state index in [1.165, 1.54) is 6.21 Å². The molecule has 0 aliphatic rings. The van der Waals surface area contributed by atoms with Crippen LogP contribution in [0.4, 0.5) is 0 Å². The molecule has 94 valence electrons. The third-order valence-corrected chi connectivity index (χ3v) is 3.59. The largest absolute Gasteiger partial charge is 0.411 e. The van der Waals surface area contributed by atoms with Crippen LogP contribution in [0, 0.1) is 0 Å². The van der Waals surface area contributed by atoms with Crippen molar-refractivity contribution in [3.8, 4) is 16.3 Å². The number of hydrogen-bond acceptors (Lipinski definition) is 4. The quantitative estimate of drug-likeness (QED) is 0.450. The molecule has 3 rings (SSSR count). The topological polar surface area (TPSA) is 50.4 Å². The molecule has 4 nitrogen and oxygen atoms in total. The summed E-state index contributed by atoms with van der Waals surface area (Å²) >= 11 is 1.61. The van der Waals surface area contributed by atoms with Crippen molar-refractivity contribution in [2.75, 3.05) is 0 Å². The summed E-state index contributed by atoms with van der Waals surface area (Å²) in [4.78, 5) is 1.05. The van der Waals surface area contributed by atoms with Gasteiger partial charge >= 0.3 is 0 Å². The lowest BCUT2D eigenvalue weighted by molar-refractivity contribution is 0.322. The fraction of sp³-hybridized carbons (Fsp3) is 0. The SMILES string of the molecule is ON=Cc1cn(-c2ccccc2)nc1-c1cccs1. The van der Waals surface area contributed by atoms with Gasteiger partial charge in [-0.3, -0.25) is 0 Å². The van der Waals surface area contributed by atoms with Gasteiger partial charge in [-0.15, -0.1) is 11.3 Å². The number of aromatic nitrogens is 2. The van der Waals surface area contributed by atoms with Crippen LogP contribution in [-0.4, -0.2) is 21.2 Å². The van der Waals surface area contributed by atoms with Crippen molar-refractivity contribution in [2.45, 2.75) is 0 Å². The van der Waals surface area contributed by atoms with Crippen molar-refractivity contribution in [3.63, 3.8) is 0 Å². The van der Waals surface area contributed by atoms with Gasteiger partial charge < -0.3 is 5.21 Å². The third kappa shape index (κ3) is 2.28. The van der Waals surface area contributed by atoms with Crippen molar-refractivity contribution < 1.29 is 5.21 Å². The molecule has 2 heterocycles. The molecule has 19 heavy (non-hydrogen) atoms. The Kier molecular flexibility index (Phi) is 3.12. The molecule has 0 aliphatic carbocycles. The average Bonchev–Trinajstić information content (AvgIpc) is 3.09. The highest BCUT2D eigenvalue weighted by Crippen LogP contribution is 2.26. The lowest BCUT2D eigenvalue weighted by Gasteiger charge is -1.98. The average molecular weight is 269 g/mol. The van der Waals surface area contributed by atoms with Gasteiger partial charge in [-0.2, -0.15) is 5.10 Å². The lowest BCUT2D eigenvalue weighted by atomic mass is 10.2. The van der Waals surface area contributed by atoms with E-state index >= 15 is 0 Å². The molecule has 1 N–H and O–H groups in total. The first-order chi connectivity index (χ1) is 9.38. The molecule has 1 aromatic carbocycles. The maximum Gasteiger partial charge on any atom is 0.112 e. The fourth-order valence-electron chi connectivity index (χ4n) is 1.86. The Hall–Kier alpha value is -2.40. The molecule has 3 aromatic rings. The smallest absolute Gasteiger partial charge is 0.112 e. The number of benzene rings is 1. The van der Waals surface area contributed by atoms with Crippen LogP contribution in [0.1, 0.15) is 5.56 Å². The Balaban J connectivity index is 2.12. The summed E-state index contributed by atoms with van der Waals surface area (Å²) in [7, 11) is 0. The van der Waals surface area contributed by atoms with Gasteiger partial charge in [0.15, 0.2) is 0 Å². The summed E-state index contributed by atoms with van der Waals surface area (Å²) in [5, 5.41) is 18.4. The first kappa shape index (κ1) is 11.7. The van der Waals surface area contributed by atoms with E-state index in [-0.39, 0.29) is 0 Å². The van der Waals surface area contributed by atoms with Gasteiger partial charge in [0.2, 0.25) is 0 Å². The second-order valence-electron chi connectivity index (χ2n) is 3.94. The fourth-order valence-corrected chi connectivity index (χ4v) is 2.59. The van der Waals surface area contributed by atoms with Gasteiger partial charge in [-0.05, 0) is 23.6 Å². The van der Waals surface area contributed by atoms with Crippen LogP contribution in [0.3, 0.4) is 0 Å². The standard InChI is InChI=1S/C14H11N3OS/c18-15-9-11-10-17(12-5-2-1-3-6-12)16-14(11)13-7-4-8-19-13/h1-10,18H. The summed E-state index contributed by atoms with van der Waals surface area (Å²) in [6, 6.07) is 13.8. The molecule has 0 amide bonds. The predicted octanol–water partition coefficient (Wildman–Crippen LogP) is 3.41. The molecule has 0 bridgehead atoms. The minimum absolute atomic E-state index is 0.786. The van der Waals surface area contributed by atoms with Crippen LogP contribution in [-0.2, 0) is 0 Å². The zero-order chi connectivity index (χ0) is 13.1. The van der Waals surface area contributed by atoms with Crippen molar-refractivity contribution in [1.29, 1.82) is 0 Å². The van der Waals surface area contributed by atoms with Gasteiger partial charge in [0.25, 0.3) is 0 Å². The Morgan fingerprint density at radius 1 is 1.16 bits per heavy atom. The summed E-state index contributed by atoms with van der Waals surface area (Å²) in [6.45, 7) is 0. The predicted molar refractivity (Wildman–Crippen MR) is 76.3 cm³/mol.